The van der Waals surface area contributed by atoms with Crippen molar-refractivity contribution in [2.24, 2.45) is 0 Å². The van der Waals surface area contributed by atoms with Gasteiger partial charge in [-0.05, 0) is 40.2 Å². The second kappa shape index (κ2) is 5.76. The fourth-order valence-electron chi connectivity index (χ4n) is 2.14. The molecule has 21 heavy (non-hydrogen) atoms. The van der Waals surface area contributed by atoms with Crippen LogP contribution < -0.4 is 0 Å². The number of alkyl halides is 1. The Balaban J connectivity index is 2.40. The lowest BCUT2D eigenvalue weighted by Crippen LogP contribution is -2.00. The minimum atomic E-state index is -0.384. The molecule has 1 aromatic heterocycles. The summed E-state index contributed by atoms with van der Waals surface area (Å²) in [6.07, 6.45) is 0. The summed E-state index contributed by atoms with van der Waals surface area (Å²) in [4.78, 5) is 4.35. The third kappa shape index (κ3) is 2.66. The number of hydrogen-bond acceptors (Lipinski definition) is 1. The molecule has 0 aliphatic carbocycles. The zero-order valence-electron chi connectivity index (χ0n) is 10.4. The van der Waals surface area contributed by atoms with Crippen molar-refractivity contribution in [2.45, 2.75) is 5.88 Å². The van der Waals surface area contributed by atoms with Crippen LogP contribution in [0.1, 0.15) is 5.82 Å². The number of imidazole rings is 1. The van der Waals surface area contributed by atoms with Gasteiger partial charge in [-0.3, -0.25) is 4.57 Å². The van der Waals surface area contributed by atoms with E-state index in [4.69, 9.17) is 34.8 Å². The lowest BCUT2D eigenvalue weighted by molar-refractivity contribution is 0.623. The summed E-state index contributed by atoms with van der Waals surface area (Å²) in [5.74, 6) is 0.343. The average Bonchev–Trinajstić information content (AvgIpc) is 2.79. The number of aromatic nitrogens is 2. The van der Waals surface area contributed by atoms with Crippen LogP contribution in [0.15, 0.2) is 34.8 Å². The molecule has 0 atom stereocenters. The highest BCUT2D eigenvalue weighted by atomic mass is 79.9. The standard InChI is InChI=1S/C14H7BrCl3FN2/c15-8-4-13-11(5-10(8)19)20-14(6-16)21(13)12-3-7(17)1-2-9(12)18/h1-5H,6H2. The van der Waals surface area contributed by atoms with Crippen LogP contribution >= 0.6 is 50.7 Å². The summed E-state index contributed by atoms with van der Waals surface area (Å²) in [5, 5.41) is 1.04. The van der Waals surface area contributed by atoms with Crippen molar-refractivity contribution in [2.75, 3.05) is 0 Å². The average molecular weight is 408 g/mol. The zero-order valence-corrected chi connectivity index (χ0v) is 14.2. The molecule has 3 rings (SSSR count). The Morgan fingerprint density at radius 1 is 1.19 bits per heavy atom. The molecule has 0 spiro atoms. The highest BCUT2D eigenvalue weighted by Gasteiger charge is 2.16. The van der Waals surface area contributed by atoms with Crippen LogP contribution in [0.3, 0.4) is 0 Å². The first-order valence-corrected chi connectivity index (χ1v) is 7.97. The summed E-state index contributed by atoms with van der Waals surface area (Å²) >= 11 is 21.4. The predicted molar refractivity (Wildman–Crippen MR) is 88.3 cm³/mol. The number of rotatable bonds is 2. The summed E-state index contributed by atoms with van der Waals surface area (Å²) in [6, 6.07) is 8.11. The quantitative estimate of drug-likeness (QED) is 0.478. The third-order valence-electron chi connectivity index (χ3n) is 3.03. The van der Waals surface area contributed by atoms with Crippen molar-refractivity contribution in [3.8, 4) is 5.69 Å². The molecule has 1 heterocycles. The van der Waals surface area contributed by atoms with Crippen molar-refractivity contribution in [1.29, 1.82) is 0 Å². The van der Waals surface area contributed by atoms with Gasteiger partial charge in [0.1, 0.15) is 11.6 Å². The molecular formula is C14H7BrCl3FN2. The number of benzene rings is 2. The fraction of sp³-hybridized carbons (Fsp3) is 0.0714. The van der Waals surface area contributed by atoms with Crippen molar-refractivity contribution >= 4 is 61.8 Å². The summed E-state index contributed by atoms with van der Waals surface area (Å²) < 4.78 is 15.8. The van der Waals surface area contributed by atoms with E-state index in [1.807, 2.05) is 0 Å². The number of hydrogen-bond donors (Lipinski definition) is 0. The van der Waals surface area contributed by atoms with Gasteiger partial charge in [-0.2, -0.15) is 0 Å². The van der Waals surface area contributed by atoms with Gasteiger partial charge in [-0.15, -0.1) is 11.6 Å². The maximum atomic E-state index is 13.7. The first-order valence-electron chi connectivity index (χ1n) is 5.89. The van der Waals surface area contributed by atoms with E-state index in [0.29, 0.717) is 37.1 Å². The summed E-state index contributed by atoms with van der Waals surface area (Å²) in [7, 11) is 0. The number of fused-ring (bicyclic) bond motifs is 1. The van der Waals surface area contributed by atoms with Crippen LogP contribution in [0.5, 0.6) is 0 Å². The molecule has 0 radical (unpaired) electrons. The Morgan fingerprint density at radius 3 is 2.67 bits per heavy atom. The van der Waals surface area contributed by atoms with Gasteiger partial charge >= 0.3 is 0 Å². The first-order chi connectivity index (χ1) is 10.0. The van der Waals surface area contributed by atoms with Gasteiger partial charge in [-0.1, -0.05) is 23.2 Å². The molecule has 0 unspecified atom stereocenters. The Bertz CT molecular complexity index is 848. The van der Waals surface area contributed by atoms with E-state index in [0.717, 1.165) is 0 Å². The van der Waals surface area contributed by atoms with Gasteiger partial charge < -0.3 is 0 Å². The number of nitrogens with zero attached hydrogens (tertiary/aromatic N) is 2. The number of halogens is 5. The van der Waals surface area contributed by atoms with Crippen molar-refractivity contribution in [3.63, 3.8) is 0 Å². The first kappa shape index (κ1) is 15.1. The minimum absolute atomic E-state index is 0.163. The third-order valence-corrected chi connectivity index (χ3v) is 4.44. The normalized spacial score (nSPS) is 11.3. The molecule has 2 nitrogen and oxygen atoms in total. The van der Waals surface area contributed by atoms with Crippen molar-refractivity contribution in [1.82, 2.24) is 9.55 Å². The van der Waals surface area contributed by atoms with Gasteiger partial charge in [0.25, 0.3) is 0 Å². The van der Waals surface area contributed by atoms with E-state index < -0.39 is 0 Å². The van der Waals surface area contributed by atoms with Crippen LogP contribution in [0, 0.1) is 5.82 Å². The molecule has 0 amide bonds. The molecule has 3 aromatic rings. The van der Waals surface area contributed by atoms with E-state index >= 15 is 0 Å². The van der Waals surface area contributed by atoms with Gasteiger partial charge in [0.2, 0.25) is 0 Å². The molecule has 0 aliphatic rings. The van der Waals surface area contributed by atoms with Gasteiger partial charge in [-0.25, -0.2) is 9.37 Å². The van der Waals surface area contributed by atoms with Crippen LogP contribution in [-0.2, 0) is 5.88 Å². The van der Waals surface area contributed by atoms with E-state index in [9.17, 15) is 4.39 Å². The van der Waals surface area contributed by atoms with E-state index in [1.165, 1.54) is 6.07 Å². The Hall–Kier alpha value is -0.810. The van der Waals surface area contributed by atoms with Crippen LogP contribution in [0.4, 0.5) is 4.39 Å². The van der Waals surface area contributed by atoms with Gasteiger partial charge in [0, 0.05) is 11.1 Å². The maximum Gasteiger partial charge on any atom is 0.139 e. The smallest absolute Gasteiger partial charge is 0.139 e. The molecular weight excluding hydrogens is 401 g/mol. The van der Waals surface area contributed by atoms with Crippen LogP contribution in [0.2, 0.25) is 10.0 Å². The predicted octanol–water partition coefficient (Wildman–Crippen LogP) is 5.97. The molecule has 0 fully saturated rings. The molecule has 108 valence electrons. The molecule has 0 bridgehead atoms. The van der Waals surface area contributed by atoms with E-state index in [-0.39, 0.29) is 11.7 Å². The second-order valence-electron chi connectivity index (χ2n) is 4.35. The summed E-state index contributed by atoms with van der Waals surface area (Å²) in [5.41, 5.74) is 1.85. The van der Waals surface area contributed by atoms with E-state index in [1.54, 1.807) is 28.8 Å². The highest BCUT2D eigenvalue weighted by molar-refractivity contribution is 9.10. The highest BCUT2D eigenvalue weighted by Crippen LogP contribution is 2.32. The van der Waals surface area contributed by atoms with Gasteiger partial charge in [0.05, 0.1) is 32.1 Å². The Labute approximate surface area is 143 Å². The topological polar surface area (TPSA) is 17.8 Å². The molecule has 2 aromatic carbocycles. The van der Waals surface area contributed by atoms with Crippen molar-refractivity contribution < 1.29 is 4.39 Å². The molecule has 0 saturated carbocycles. The van der Waals surface area contributed by atoms with Crippen LogP contribution in [0.25, 0.3) is 16.7 Å². The lowest BCUT2D eigenvalue weighted by atomic mass is 10.2. The Kier molecular flexibility index (Phi) is 4.14. The monoisotopic (exact) mass is 406 g/mol. The van der Waals surface area contributed by atoms with Gasteiger partial charge in [0.15, 0.2) is 0 Å². The molecule has 0 N–H and O–H groups in total. The minimum Gasteiger partial charge on any atom is -0.294 e. The zero-order chi connectivity index (χ0) is 15.1. The maximum absolute atomic E-state index is 13.7. The Morgan fingerprint density at radius 2 is 1.95 bits per heavy atom. The SMILES string of the molecule is Fc1cc2nc(CCl)n(-c3cc(Cl)ccc3Cl)c2cc1Br. The second-order valence-corrected chi connectivity index (χ2v) is 6.31. The van der Waals surface area contributed by atoms with E-state index in [2.05, 4.69) is 20.9 Å². The largest absolute Gasteiger partial charge is 0.294 e. The van der Waals surface area contributed by atoms with Crippen molar-refractivity contribution in [3.05, 3.63) is 56.5 Å². The summed E-state index contributed by atoms with van der Waals surface area (Å²) in [6.45, 7) is 0. The molecule has 0 saturated heterocycles. The fourth-order valence-corrected chi connectivity index (χ4v) is 3.02. The van der Waals surface area contributed by atoms with Crippen LogP contribution in [-0.4, -0.2) is 9.55 Å². The molecule has 7 heteroatoms. The molecule has 0 aliphatic heterocycles. The lowest BCUT2D eigenvalue weighted by Gasteiger charge is -2.10.